The molecule has 1 aromatic heterocycles. The number of hydrogen-bond acceptors (Lipinski definition) is 2. The fraction of sp³-hybridized carbons (Fsp3) is 0.222. The first-order chi connectivity index (χ1) is 10.8. The predicted molar refractivity (Wildman–Crippen MR) is 83.6 cm³/mol. The van der Waals surface area contributed by atoms with Gasteiger partial charge in [0.25, 0.3) is 5.91 Å². The Morgan fingerprint density at radius 3 is 2.82 bits per heavy atom. The summed E-state index contributed by atoms with van der Waals surface area (Å²) < 4.78 is 0. The van der Waals surface area contributed by atoms with Gasteiger partial charge in [-0.3, -0.25) is 9.78 Å². The average Bonchev–Trinajstić information content (AvgIpc) is 2.99. The molecule has 0 bridgehead atoms. The third-order valence-electron chi connectivity index (χ3n) is 4.98. The van der Waals surface area contributed by atoms with E-state index in [-0.39, 0.29) is 11.4 Å². The summed E-state index contributed by atoms with van der Waals surface area (Å²) in [6.45, 7) is 0. The van der Waals surface area contributed by atoms with E-state index in [0.29, 0.717) is 0 Å². The average molecular weight is 289 g/mol. The summed E-state index contributed by atoms with van der Waals surface area (Å²) in [5.74, 6) is 0.00496. The van der Waals surface area contributed by atoms with Gasteiger partial charge in [0.05, 0.1) is 22.6 Å². The topological polar surface area (TPSA) is 57.8 Å². The van der Waals surface area contributed by atoms with Crippen molar-refractivity contribution in [3.63, 3.8) is 0 Å². The molecule has 4 nitrogen and oxygen atoms in total. The van der Waals surface area contributed by atoms with Crippen molar-refractivity contribution >= 4 is 5.91 Å². The molecule has 4 heteroatoms. The number of nitrogens with zero attached hydrogens (tertiary/aromatic N) is 1. The zero-order valence-corrected chi connectivity index (χ0v) is 12.0. The Morgan fingerprint density at radius 1 is 1.18 bits per heavy atom. The highest BCUT2D eigenvalue weighted by Crippen LogP contribution is 2.46. The maximum absolute atomic E-state index is 12.8. The highest BCUT2D eigenvalue weighted by atomic mass is 16.1. The standard InChI is InChI=1S/C18H15N3O/c22-17(12-6-5-11-13(12)10-14-16(11)20-14)21-18(7-3-8-18)15-4-1-2-9-19-15/h1-2,4-6,9-10,20H,3,7-8H2,(H,21,22). The number of hydrogen-bond donors (Lipinski definition) is 2. The van der Waals surface area contributed by atoms with E-state index in [4.69, 9.17) is 0 Å². The maximum Gasteiger partial charge on any atom is 0.252 e. The Labute approximate surface area is 127 Å². The van der Waals surface area contributed by atoms with Crippen LogP contribution in [0.4, 0.5) is 0 Å². The molecule has 1 amide bonds. The first-order valence-corrected chi connectivity index (χ1v) is 7.67. The predicted octanol–water partition coefficient (Wildman–Crippen LogP) is 3.30. The van der Waals surface area contributed by atoms with E-state index in [0.717, 1.165) is 47.3 Å². The van der Waals surface area contributed by atoms with Gasteiger partial charge in [0.1, 0.15) is 0 Å². The Bertz CT molecular complexity index is 861. The molecule has 0 atom stereocenters. The van der Waals surface area contributed by atoms with Gasteiger partial charge in [-0.15, -0.1) is 0 Å². The van der Waals surface area contributed by atoms with Crippen molar-refractivity contribution in [2.24, 2.45) is 0 Å². The third-order valence-corrected chi connectivity index (χ3v) is 4.98. The Hall–Kier alpha value is -2.62. The van der Waals surface area contributed by atoms with Crippen LogP contribution in [0.2, 0.25) is 0 Å². The highest BCUT2D eigenvalue weighted by molar-refractivity contribution is 6.08. The summed E-state index contributed by atoms with van der Waals surface area (Å²) in [7, 11) is 0. The fourth-order valence-electron chi connectivity index (χ4n) is 3.54. The molecule has 1 aliphatic heterocycles. The van der Waals surface area contributed by atoms with Crippen LogP contribution in [0.25, 0.3) is 22.5 Å². The number of pyridine rings is 2. The van der Waals surface area contributed by atoms with Crippen molar-refractivity contribution in [1.82, 2.24) is 15.3 Å². The fourth-order valence-corrected chi connectivity index (χ4v) is 3.54. The molecule has 0 saturated heterocycles. The first kappa shape index (κ1) is 12.0. The van der Waals surface area contributed by atoms with Crippen LogP contribution in [0.15, 0.2) is 42.6 Å². The number of fused-ring (bicyclic) bond motifs is 3. The molecule has 2 heterocycles. The van der Waals surface area contributed by atoms with Crippen molar-refractivity contribution in [2.75, 3.05) is 0 Å². The quantitative estimate of drug-likeness (QED) is 0.608. The number of carbonyl (C=O) groups excluding carboxylic acids is 1. The SMILES string of the molecule is O=C(NC1(c2ccccn2)CCC1)c1ccc2c3[nH]c-3cc1-2. The van der Waals surface area contributed by atoms with Crippen LogP contribution in [0, 0.1) is 0 Å². The smallest absolute Gasteiger partial charge is 0.252 e. The summed E-state index contributed by atoms with van der Waals surface area (Å²) in [6, 6.07) is 11.9. The second-order valence-corrected chi connectivity index (χ2v) is 6.24. The van der Waals surface area contributed by atoms with Crippen molar-refractivity contribution in [1.29, 1.82) is 0 Å². The van der Waals surface area contributed by atoms with Gasteiger partial charge < -0.3 is 10.3 Å². The second-order valence-electron chi connectivity index (χ2n) is 6.24. The lowest BCUT2D eigenvalue weighted by Crippen LogP contribution is -2.51. The van der Waals surface area contributed by atoms with Crippen molar-refractivity contribution in [3.05, 3.63) is 53.9 Å². The van der Waals surface area contributed by atoms with Gasteiger partial charge in [0.15, 0.2) is 0 Å². The van der Waals surface area contributed by atoms with Gasteiger partial charge in [-0.1, -0.05) is 12.1 Å². The molecule has 4 aliphatic rings. The van der Waals surface area contributed by atoms with Gasteiger partial charge in [-0.25, -0.2) is 0 Å². The normalized spacial score (nSPS) is 17.1. The molecule has 0 spiro atoms. The summed E-state index contributed by atoms with van der Waals surface area (Å²) in [6.07, 6.45) is 4.83. The number of nitrogens with one attached hydrogen (secondary N) is 2. The van der Waals surface area contributed by atoms with Crippen LogP contribution >= 0.6 is 0 Å². The summed E-state index contributed by atoms with van der Waals surface area (Å²) in [5, 5.41) is 3.25. The first-order valence-electron chi connectivity index (χ1n) is 7.67. The number of aromatic amines is 1. The van der Waals surface area contributed by atoms with Gasteiger partial charge in [0.2, 0.25) is 0 Å². The molecule has 1 saturated carbocycles. The summed E-state index contributed by atoms with van der Waals surface area (Å²) in [4.78, 5) is 20.4. The van der Waals surface area contributed by atoms with Gasteiger partial charge in [-0.05, 0) is 49.1 Å². The zero-order chi connectivity index (χ0) is 14.7. The molecule has 3 aliphatic carbocycles. The Morgan fingerprint density at radius 2 is 2.09 bits per heavy atom. The van der Waals surface area contributed by atoms with Crippen LogP contribution in [-0.4, -0.2) is 15.9 Å². The molecule has 22 heavy (non-hydrogen) atoms. The Kier molecular flexibility index (Phi) is 2.16. The molecular formula is C18H15N3O. The maximum atomic E-state index is 12.8. The van der Waals surface area contributed by atoms with Crippen LogP contribution in [0.5, 0.6) is 0 Å². The van der Waals surface area contributed by atoms with Crippen molar-refractivity contribution in [3.8, 4) is 22.5 Å². The second kappa shape index (κ2) is 3.97. The molecule has 0 aromatic carbocycles. The molecule has 5 rings (SSSR count). The van der Waals surface area contributed by atoms with E-state index in [1.807, 2.05) is 30.3 Å². The number of aromatic nitrogens is 2. The molecular weight excluding hydrogens is 274 g/mol. The lowest BCUT2D eigenvalue weighted by atomic mass is 9.74. The summed E-state index contributed by atoms with van der Waals surface area (Å²) in [5.41, 5.74) is 5.99. The lowest BCUT2D eigenvalue weighted by Gasteiger charge is -2.42. The number of carbonyl (C=O) groups is 1. The minimum absolute atomic E-state index is 0.00496. The number of rotatable bonds is 3. The molecule has 0 radical (unpaired) electrons. The van der Waals surface area contributed by atoms with E-state index in [2.05, 4.69) is 21.4 Å². The zero-order valence-electron chi connectivity index (χ0n) is 12.0. The van der Waals surface area contributed by atoms with Gasteiger partial charge in [0, 0.05) is 17.3 Å². The van der Waals surface area contributed by atoms with Crippen molar-refractivity contribution in [2.45, 2.75) is 24.8 Å². The Balaban J connectivity index is 1.47. The molecule has 1 aromatic rings. The van der Waals surface area contributed by atoms with Crippen LogP contribution < -0.4 is 5.32 Å². The van der Waals surface area contributed by atoms with Gasteiger partial charge >= 0.3 is 0 Å². The number of amides is 1. The molecule has 108 valence electrons. The van der Waals surface area contributed by atoms with Crippen LogP contribution in [0.3, 0.4) is 0 Å². The highest BCUT2D eigenvalue weighted by Gasteiger charge is 2.42. The van der Waals surface area contributed by atoms with E-state index in [1.54, 1.807) is 6.20 Å². The van der Waals surface area contributed by atoms with Crippen LogP contribution in [0.1, 0.15) is 35.3 Å². The van der Waals surface area contributed by atoms with Crippen LogP contribution in [-0.2, 0) is 5.54 Å². The lowest BCUT2D eigenvalue weighted by molar-refractivity contribution is 0.0818. The minimum Gasteiger partial charge on any atom is -0.352 e. The minimum atomic E-state index is -0.289. The molecule has 0 unspecified atom stereocenters. The third kappa shape index (κ3) is 1.52. The van der Waals surface area contributed by atoms with E-state index in [9.17, 15) is 4.79 Å². The number of H-pyrrole nitrogens is 1. The largest absolute Gasteiger partial charge is 0.352 e. The van der Waals surface area contributed by atoms with Gasteiger partial charge in [-0.2, -0.15) is 0 Å². The van der Waals surface area contributed by atoms with E-state index in [1.165, 1.54) is 5.69 Å². The monoisotopic (exact) mass is 289 g/mol. The summed E-state index contributed by atoms with van der Waals surface area (Å²) >= 11 is 0. The van der Waals surface area contributed by atoms with Crippen molar-refractivity contribution < 1.29 is 4.79 Å². The molecule has 1 fully saturated rings. The molecule has 2 N–H and O–H groups in total. The van der Waals surface area contributed by atoms with E-state index >= 15 is 0 Å². The van der Waals surface area contributed by atoms with E-state index < -0.39 is 0 Å².